The molecule has 4 nitrogen and oxygen atoms in total. The summed E-state index contributed by atoms with van der Waals surface area (Å²) in [6, 6.07) is 5.64. The van der Waals surface area contributed by atoms with Crippen LogP contribution in [0.5, 0.6) is 0 Å². The maximum absolute atomic E-state index is 5.04. The normalized spacial score (nSPS) is 31.8. The fourth-order valence-corrected chi connectivity index (χ4v) is 18.0. The van der Waals surface area contributed by atoms with Crippen LogP contribution in [0, 0.1) is 17.8 Å². The van der Waals surface area contributed by atoms with Gasteiger partial charge in [-0.3, -0.25) is 4.98 Å². The molecule has 7 aliphatic rings. The third kappa shape index (κ3) is 7.10. The zero-order valence-corrected chi connectivity index (χ0v) is 33.7. The van der Waals surface area contributed by atoms with E-state index in [1.54, 1.807) is 9.81 Å². The molecule has 5 aliphatic heterocycles. The quantitative estimate of drug-likeness (QED) is 0.234. The van der Waals surface area contributed by atoms with Crippen LogP contribution in [0.15, 0.2) is 61.5 Å². The summed E-state index contributed by atoms with van der Waals surface area (Å²) in [5.41, 5.74) is 5.66. The van der Waals surface area contributed by atoms with E-state index in [-0.39, 0.29) is 28.4 Å². The molecule has 2 aliphatic carbocycles. The summed E-state index contributed by atoms with van der Waals surface area (Å²) < 4.78 is 8.89. The van der Waals surface area contributed by atoms with Crippen LogP contribution in [-0.4, -0.2) is 61.7 Å². The number of fused-ring (bicyclic) bond motifs is 6. The van der Waals surface area contributed by atoms with Crippen molar-refractivity contribution in [1.82, 2.24) is 10.3 Å². The van der Waals surface area contributed by atoms with Crippen LogP contribution in [0.3, 0.4) is 0 Å². The molecule has 1 aromatic heterocycles. The van der Waals surface area contributed by atoms with Gasteiger partial charge in [0.25, 0.3) is 0 Å². The maximum atomic E-state index is 5.04. The molecular weight excluding hydrogens is 805 g/mol. The van der Waals surface area contributed by atoms with Crippen molar-refractivity contribution < 1.29 is 22.4 Å². The molecule has 3 fully saturated rings. The second kappa shape index (κ2) is 16.5. The molecule has 1 N–H and O–H groups in total. The van der Waals surface area contributed by atoms with Crippen molar-refractivity contribution in [3.63, 3.8) is 0 Å². The van der Waals surface area contributed by atoms with Crippen LogP contribution in [0.2, 0.25) is 0 Å². The minimum absolute atomic E-state index is 0. The van der Waals surface area contributed by atoms with Crippen molar-refractivity contribution in [3.05, 3.63) is 83.4 Å². The van der Waals surface area contributed by atoms with Gasteiger partial charge in [-0.15, -0.1) is 72.3 Å². The molecule has 0 amide bonds. The van der Waals surface area contributed by atoms with Gasteiger partial charge in [0.15, 0.2) is 0 Å². The number of rotatable bonds is 4. The summed E-state index contributed by atoms with van der Waals surface area (Å²) in [7, 11) is 0. The molecule has 246 valence electrons. The van der Waals surface area contributed by atoms with Gasteiger partial charge in [0.1, 0.15) is 0 Å². The van der Waals surface area contributed by atoms with Gasteiger partial charge < -0.3 is 16.0 Å². The van der Waals surface area contributed by atoms with Crippen molar-refractivity contribution in [2.75, 3.05) is 44.7 Å². The second-order valence-electron chi connectivity index (χ2n) is 11.4. The van der Waals surface area contributed by atoms with E-state index in [4.69, 9.17) is 10.6 Å². The Kier molecular flexibility index (Phi) is 13.2. The molecule has 0 bridgehead atoms. The van der Waals surface area contributed by atoms with E-state index in [9.17, 15) is 0 Å². The molecule has 2 saturated heterocycles. The minimum atomic E-state index is 0. The summed E-state index contributed by atoms with van der Waals surface area (Å²) in [6.45, 7) is 3.08. The molecule has 6 atom stereocenters. The third-order valence-corrected chi connectivity index (χ3v) is 19.7. The fraction of sp³-hybridized carbons (Fsp3) is 0.531. The van der Waals surface area contributed by atoms with E-state index in [1.165, 1.54) is 64.6 Å². The molecule has 45 heavy (non-hydrogen) atoms. The monoisotopic (exact) mass is 841 g/mol. The first-order chi connectivity index (χ1) is 21.7. The Bertz CT molecular complexity index is 1380. The van der Waals surface area contributed by atoms with Crippen LogP contribution in [0.1, 0.15) is 43.0 Å². The molecular formula is C32H38AgN4S8-. The zero-order chi connectivity index (χ0) is 30.2. The number of nitrogens with zero attached hydrogens (tertiary/aromatic N) is 3. The van der Waals surface area contributed by atoms with Gasteiger partial charge in [-0.05, 0) is 97.4 Å². The van der Waals surface area contributed by atoms with E-state index in [1.807, 2.05) is 106 Å². The Morgan fingerprint density at radius 1 is 0.844 bits per heavy atom. The number of nitrogens with one attached hydrogen (secondary N) is 1. The predicted octanol–water partition coefficient (Wildman–Crippen LogP) is 10.8. The van der Waals surface area contributed by atoms with Gasteiger partial charge in [-0.1, -0.05) is 71.7 Å². The standard InChI is InChI=1S/C16H23N2S4.C16H15N2S4.Ag/c2*1-19-15-16(20-2)22-14(21-15)11-9-5-3-7-17-12(9)13-10(11)6-4-8-18-13;/h9-10,12-13,17H,3-8H2,1-2H3;3-7,10,13H,8H2,1-2H3;/q2*-1;+1. The van der Waals surface area contributed by atoms with Crippen LogP contribution in [0.4, 0.5) is 0 Å². The van der Waals surface area contributed by atoms with Gasteiger partial charge in [-0.25, -0.2) is 0 Å². The summed E-state index contributed by atoms with van der Waals surface area (Å²) in [6.07, 6.45) is 20.5. The van der Waals surface area contributed by atoms with E-state index < -0.39 is 0 Å². The molecule has 13 heteroatoms. The van der Waals surface area contributed by atoms with E-state index in [0.29, 0.717) is 23.9 Å². The van der Waals surface area contributed by atoms with E-state index in [0.717, 1.165) is 24.7 Å². The average Bonchev–Trinajstić information content (AvgIpc) is 3.84. The van der Waals surface area contributed by atoms with Crippen molar-refractivity contribution in [3.8, 4) is 0 Å². The first-order valence-corrected chi connectivity index (χ1v) is 23.4. The van der Waals surface area contributed by atoms with Crippen molar-refractivity contribution in [2.24, 2.45) is 17.8 Å². The zero-order valence-electron chi connectivity index (χ0n) is 25.7. The van der Waals surface area contributed by atoms with Gasteiger partial charge in [0.05, 0.1) is 25.4 Å². The van der Waals surface area contributed by atoms with Gasteiger partial charge in [-0.2, -0.15) is 0 Å². The van der Waals surface area contributed by atoms with Crippen molar-refractivity contribution >= 4 is 99.7 Å². The molecule has 0 spiro atoms. The molecule has 0 radical (unpaired) electrons. The Morgan fingerprint density at radius 3 is 2.20 bits per heavy atom. The summed E-state index contributed by atoms with van der Waals surface area (Å²) in [5, 5.41) is 13.7. The van der Waals surface area contributed by atoms with Gasteiger partial charge in [0.2, 0.25) is 0 Å². The van der Waals surface area contributed by atoms with Crippen LogP contribution in [-0.2, 0) is 22.4 Å². The van der Waals surface area contributed by atoms with Crippen molar-refractivity contribution in [1.29, 1.82) is 0 Å². The Morgan fingerprint density at radius 2 is 1.51 bits per heavy atom. The molecule has 1 saturated carbocycles. The average molecular weight is 843 g/mol. The number of aromatic nitrogens is 1. The maximum Gasteiger partial charge on any atom is 1.00 e. The smallest absolute Gasteiger partial charge is 0.658 e. The second-order valence-corrected chi connectivity index (χ2v) is 20.3. The number of piperidine rings is 2. The van der Waals surface area contributed by atoms with Crippen LogP contribution >= 0.6 is 94.1 Å². The number of pyridine rings is 1. The molecule has 0 aromatic carbocycles. The summed E-state index contributed by atoms with van der Waals surface area (Å²) in [4.78, 5) is 4.64. The first kappa shape index (κ1) is 36.1. The Labute approximate surface area is 318 Å². The number of hydrogen-bond donors (Lipinski definition) is 1. The van der Waals surface area contributed by atoms with E-state index in [2.05, 4.69) is 53.5 Å². The predicted molar refractivity (Wildman–Crippen MR) is 210 cm³/mol. The summed E-state index contributed by atoms with van der Waals surface area (Å²) >= 11 is 15.5. The Hall–Kier alpha value is 1.27. The molecule has 8 rings (SSSR count). The minimum Gasteiger partial charge on any atom is -0.658 e. The van der Waals surface area contributed by atoms with Gasteiger partial charge in [0, 0.05) is 11.9 Å². The van der Waals surface area contributed by atoms with E-state index >= 15 is 0 Å². The topological polar surface area (TPSA) is 53.1 Å². The molecule has 1 aromatic rings. The van der Waals surface area contributed by atoms with Crippen molar-refractivity contribution in [2.45, 2.75) is 43.8 Å². The molecule has 6 unspecified atom stereocenters. The van der Waals surface area contributed by atoms with Gasteiger partial charge >= 0.3 is 22.4 Å². The summed E-state index contributed by atoms with van der Waals surface area (Å²) in [5.74, 6) is 1.82. The Balaban J connectivity index is 0.000000155. The van der Waals surface area contributed by atoms with Crippen LogP contribution in [0.25, 0.3) is 16.2 Å². The fourth-order valence-electron chi connectivity index (χ4n) is 7.44. The largest absolute Gasteiger partial charge is 1.00 e. The SMILES string of the molecule is CSC1=C(SC)SC(=C2C3CCC[N-]C3C3NCCCC23)S1.CSC1=C(SC)SC(=C2c3cccnc3C3[N-]CC=CC23)S1.[Ag+]. The number of hydrogen-bond acceptors (Lipinski definition) is 10. The first-order valence-electron chi connectivity index (χ1n) is 15.2. The van der Waals surface area contributed by atoms with Crippen LogP contribution < -0.4 is 5.32 Å². The molecule has 6 heterocycles. The third-order valence-electron chi connectivity index (χ3n) is 9.20. The number of thioether (sulfide) groups is 8.